The molecule has 0 atom stereocenters. The number of hydrogen-bond acceptors (Lipinski definition) is 2. The quantitative estimate of drug-likeness (QED) is 0.538. The predicted octanol–water partition coefficient (Wildman–Crippen LogP) is 3.22. The summed E-state index contributed by atoms with van der Waals surface area (Å²) >= 11 is 5.85. The molecule has 2 heterocycles. The molecule has 0 saturated carbocycles. The summed E-state index contributed by atoms with van der Waals surface area (Å²) < 4.78 is 43.1. The zero-order valence-corrected chi connectivity index (χ0v) is 11.9. The lowest BCUT2D eigenvalue weighted by Crippen LogP contribution is -2.06. The lowest BCUT2D eigenvalue weighted by atomic mass is 10.2. The molecule has 0 fully saturated rings. The van der Waals surface area contributed by atoms with E-state index < -0.39 is 17.5 Å². The van der Waals surface area contributed by atoms with E-state index in [1.165, 1.54) is 9.25 Å². The van der Waals surface area contributed by atoms with Gasteiger partial charge in [0.1, 0.15) is 11.3 Å². The topological polar surface area (TPSA) is 35.6 Å². The number of fused-ring (bicyclic) bond motifs is 1. The van der Waals surface area contributed by atoms with E-state index >= 15 is 0 Å². The second-order valence-electron chi connectivity index (χ2n) is 4.60. The number of nitrogens with zero attached hydrogens (tertiary/aromatic N) is 4. The van der Waals surface area contributed by atoms with Gasteiger partial charge in [0.15, 0.2) is 23.1 Å². The van der Waals surface area contributed by atoms with E-state index in [1.54, 1.807) is 14.0 Å². The number of aromatic nitrogens is 4. The Kier molecular flexibility index (Phi) is 3.16. The van der Waals surface area contributed by atoms with Gasteiger partial charge in [-0.3, -0.25) is 4.57 Å². The fourth-order valence-electron chi connectivity index (χ4n) is 2.35. The molecule has 0 N–H and O–H groups in total. The van der Waals surface area contributed by atoms with E-state index in [1.807, 2.05) is 0 Å². The van der Waals surface area contributed by atoms with Gasteiger partial charge in [-0.1, -0.05) is 0 Å². The highest BCUT2D eigenvalue weighted by atomic mass is 35.5. The fraction of sp³-hybridized carbons (Fsp3) is 0.231. The molecular weight excluding hydrogens is 305 g/mol. The first-order valence-corrected chi connectivity index (χ1v) is 6.59. The predicted molar refractivity (Wildman–Crippen MR) is 72.0 cm³/mol. The molecule has 110 valence electrons. The molecule has 0 aliphatic rings. The zero-order valence-electron chi connectivity index (χ0n) is 11.2. The molecule has 21 heavy (non-hydrogen) atoms. The smallest absolute Gasteiger partial charge is 0.194 e. The molecule has 1 aromatic carbocycles. The fourth-order valence-corrected chi connectivity index (χ4v) is 2.53. The Morgan fingerprint density at radius 2 is 1.81 bits per heavy atom. The van der Waals surface area contributed by atoms with Gasteiger partial charge in [-0.25, -0.2) is 22.8 Å². The molecule has 0 aliphatic heterocycles. The summed E-state index contributed by atoms with van der Waals surface area (Å²) in [4.78, 5) is 4.32. The van der Waals surface area contributed by atoms with Crippen molar-refractivity contribution >= 4 is 22.8 Å². The molecule has 0 amide bonds. The van der Waals surface area contributed by atoms with Gasteiger partial charge in [0, 0.05) is 19.2 Å². The van der Waals surface area contributed by atoms with Gasteiger partial charge in [-0.15, -0.1) is 11.6 Å². The molecule has 0 saturated heterocycles. The second kappa shape index (κ2) is 4.77. The van der Waals surface area contributed by atoms with Crippen LogP contribution in [0.25, 0.3) is 16.9 Å². The highest BCUT2D eigenvalue weighted by Gasteiger charge is 2.20. The summed E-state index contributed by atoms with van der Waals surface area (Å²) in [6.07, 6.45) is 0. The van der Waals surface area contributed by atoms with Gasteiger partial charge in [0.2, 0.25) is 0 Å². The van der Waals surface area contributed by atoms with Gasteiger partial charge in [-0.05, 0) is 6.92 Å². The van der Waals surface area contributed by atoms with Gasteiger partial charge in [0.25, 0.3) is 0 Å². The first-order valence-electron chi connectivity index (χ1n) is 6.05. The van der Waals surface area contributed by atoms with Gasteiger partial charge in [0.05, 0.1) is 17.3 Å². The average molecular weight is 315 g/mol. The molecule has 3 rings (SSSR count). The van der Waals surface area contributed by atoms with Gasteiger partial charge in [-0.2, -0.15) is 5.10 Å². The Morgan fingerprint density at radius 1 is 1.19 bits per heavy atom. The number of imidazole rings is 1. The third-order valence-electron chi connectivity index (χ3n) is 3.22. The molecule has 3 aromatic rings. The molecule has 4 nitrogen and oxygen atoms in total. The minimum atomic E-state index is -1.51. The molecule has 0 unspecified atom stereocenters. The van der Waals surface area contributed by atoms with Crippen LogP contribution in [0.4, 0.5) is 13.2 Å². The second-order valence-corrected chi connectivity index (χ2v) is 4.87. The van der Waals surface area contributed by atoms with Crippen LogP contribution in [-0.2, 0) is 12.9 Å². The van der Waals surface area contributed by atoms with Crippen LogP contribution >= 0.6 is 11.6 Å². The van der Waals surface area contributed by atoms with Crippen LogP contribution in [0.1, 0.15) is 11.5 Å². The summed E-state index contributed by atoms with van der Waals surface area (Å²) in [6.45, 7) is 1.77. The Labute approximate surface area is 122 Å². The van der Waals surface area contributed by atoms with Crippen molar-refractivity contribution in [3.63, 3.8) is 0 Å². The van der Waals surface area contributed by atoms with Crippen LogP contribution in [0, 0.1) is 24.4 Å². The van der Waals surface area contributed by atoms with Crippen molar-refractivity contribution in [3.05, 3.63) is 41.1 Å². The van der Waals surface area contributed by atoms with E-state index in [9.17, 15) is 13.2 Å². The Bertz CT molecular complexity index is 830. The third kappa shape index (κ3) is 1.99. The number of aryl methyl sites for hydroxylation is 2. The van der Waals surface area contributed by atoms with Crippen molar-refractivity contribution in [2.45, 2.75) is 12.8 Å². The van der Waals surface area contributed by atoms with E-state index in [0.717, 1.165) is 12.1 Å². The van der Waals surface area contributed by atoms with Crippen LogP contribution in [0.3, 0.4) is 0 Å². The summed E-state index contributed by atoms with van der Waals surface area (Å²) in [5, 5.41) is 4.20. The summed E-state index contributed by atoms with van der Waals surface area (Å²) in [6, 6.07) is 1.80. The highest BCUT2D eigenvalue weighted by Crippen LogP contribution is 2.26. The average Bonchev–Trinajstić information content (AvgIpc) is 2.94. The van der Waals surface area contributed by atoms with Crippen LogP contribution in [-0.4, -0.2) is 19.3 Å². The van der Waals surface area contributed by atoms with Crippen LogP contribution < -0.4 is 0 Å². The maximum atomic E-state index is 13.5. The number of hydrogen-bond donors (Lipinski definition) is 0. The highest BCUT2D eigenvalue weighted by molar-refractivity contribution is 6.17. The monoisotopic (exact) mass is 314 g/mol. The SMILES string of the molecule is Cc1nn(C)c2c1nc(CCl)n2-c1cc(F)c(F)c(F)c1. The van der Waals surface area contributed by atoms with E-state index in [-0.39, 0.29) is 11.6 Å². The first-order chi connectivity index (χ1) is 9.93. The Hall–Kier alpha value is -2.02. The minimum Gasteiger partial charge on any atom is -0.280 e. The van der Waals surface area contributed by atoms with Crippen molar-refractivity contribution in [2.75, 3.05) is 0 Å². The molecule has 0 radical (unpaired) electrons. The maximum absolute atomic E-state index is 13.5. The van der Waals surface area contributed by atoms with Crippen LogP contribution in [0.15, 0.2) is 12.1 Å². The lowest BCUT2D eigenvalue weighted by Gasteiger charge is -2.09. The van der Waals surface area contributed by atoms with Crippen molar-refractivity contribution < 1.29 is 13.2 Å². The molecule has 0 aliphatic carbocycles. The minimum absolute atomic E-state index is 0.0364. The van der Waals surface area contributed by atoms with E-state index in [4.69, 9.17) is 11.6 Å². The molecule has 8 heteroatoms. The van der Waals surface area contributed by atoms with Crippen LogP contribution in [0.2, 0.25) is 0 Å². The standard InChI is InChI=1S/C13H10ClF3N4/c1-6-12-13(20(2)19-6)21(10(5-14)18-12)7-3-8(15)11(17)9(16)4-7/h3-4H,5H2,1-2H3. The molecule has 2 aromatic heterocycles. The summed E-state index contributed by atoms with van der Waals surface area (Å²) in [5.41, 5.74) is 1.89. The Morgan fingerprint density at radius 3 is 2.38 bits per heavy atom. The van der Waals surface area contributed by atoms with E-state index in [2.05, 4.69) is 10.1 Å². The normalized spacial score (nSPS) is 11.5. The van der Waals surface area contributed by atoms with Gasteiger partial charge < -0.3 is 0 Å². The number of alkyl halides is 1. The van der Waals surface area contributed by atoms with Crippen LogP contribution in [0.5, 0.6) is 0 Å². The maximum Gasteiger partial charge on any atom is 0.194 e. The Balaban J connectivity index is 2.38. The largest absolute Gasteiger partial charge is 0.280 e. The lowest BCUT2D eigenvalue weighted by molar-refractivity contribution is 0.446. The number of benzene rings is 1. The van der Waals surface area contributed by atoms with Gasteiger partial charge >= 0.3 is 0 Å². The molecule has 0 spiro atoms. The molecular formula is C13H10ClF3N4. The zero-order chi connectivity index (χ0) is 15.3. The van der Waals surface area contributed by atoms with Crippen molar-refractivity contribution in [1.82, 2.24) is 19.3 Å². The number of rotatable bonds is 2. The summed E-state index contributed by atoms with van der Waals surface area (Å²) in [5.74, 6) is -3.62. The van der Waals surface area contributed by atoms with Crippen molar-refractivity contribution in [1.29, 1.82) is 0 Å². The number of halogens is 4. The summed E-state index contributed by atoms with van der Waals surface area (Å²) in [7, 11) is 1.68. The first kappa shape index (κ1) is 13.9. The van der Waals surface area contributed by atoms with E-state index in [0.29, 0.717) is 22.7 Å². The third-order valence-corrected chi connectivity index (χ3v) is 3.46. The molecule has 0 bridgehead atoms. The van der Waals surface area contributed by atoms with Crippen molar-refractivity contribution in [2.24, 2.45) is 7.05 Å². The van der Waals surface area contributed by atoms with Crippen molar-refractivity contribution in [3.8, 4) is 5.69 Å².